The molecule has 2 aromatic heterocycles. The molecular formula is C29H33N5O6. The van der Waals surface area contributed by atoms with Gasteiger partial charge in [-0.3, -0.25) is 14.4 Å². The summed E-state index contributed by atoms with van der Waals surface area (Å²) in [6.45, 7) is 6.74. The Bertz CT molecular complexity index is 1680. The van der Waals surface area contributed by atoms with Crippen molar-refractivity contribution in [2.24, 2.45) is 11.8 Å². The van der Waals surface area contributed by atoms with Gasteiger partial charge in [0.15, 0.2) is 0 Å². The number of rotatable bonds is 10. The number of aromatic nitrogens is 3. The average molecular weight is 548 g/mol. The molecule has 0 spiro atoms. The number of para-hydroxylation sites is 2. The van der Waals surface area contributed by atoms with Gasteiger partial charge in [0.05, 0.1) is 10.9 Å². The van der Waals surface area contributed by atoms with E-state index in [-0.39, 0.29) is 11.8 Å². The summed E-state index contributed by atoms with van der Waals surface area (Å²) in [5, 5.41) is 15.8. The highest BCUT2D eigenvalue weighted by Gasteiger charge is 2.33. The molecule has 2 heterocycles. The second-order valence-corrected chi connectivity index (χ2v) is 10.5. The molecule has 5 N–H and O–H groups in total. The Balaban J connectivity index is 1.76. The van der Waals surface area contributed by atoms with Gasteiger partial charge in [-0.05, 0) is 35.6 Å². The van der Waals surface area contributed by atoms with Gasteiger partial charge in [-0.15, -0.1) is 0 Å². The molecule has 210 valence electrons. The van der Waals surface area contributed by atoms with Crippen molar-refractivity contribution < 1.29 is 19.5 Å². The van der Waals surface area contributed by atoms with Crippen molar-refractivity contribution in [3.05, 3.63) is 81.1 Å². The number of H-pyrrole nitrogens is 2. The molecular weight excluding hydrogens is 514 g/mol. The number of carbonyl (C=O) groups excluding carboxylic acids is 2. The highest BCUT2D eigenvalue weighted by Crippen LogP contribution is 2.23. The maximum Gasteiger partial charge on any atom is 0.329 e. The number of carboxylic acids is 1. The number of nitrogens with zero attached hydrogens (tertiary/aromatic N) is 1. The van der Waals surface area contributed by atoms with Gasteiger partial charge in [0, 0.05) is 23.5 Å². The third-order valence-corrected chi connectivity index (χ3v) is 7.02. The van der Waals surface area contributed by atoms with Gasteiger partial charge in [-0.1, -0.05) is 58.0 Å². The fourth-order valence-electron chi connectivity index (χ4n) is 4.81. The molecule has 2 amide bonds. The topological polar surface area (TPSA) is 166 Å². The van der Waals surface area contributed by atoms with Crippen LogP contribution in [0.3, 0.4) is 0 Å². The smallest absolute Gasteiger partial charge is 0.329 e. The minimum atomic E-state index is -1.31. The van der Waals surface area contributed by atoms with Crippen LogP contribution in [0.2, 0.25) is 0 Å². The number of aliphatic carboxylic acids is 1. The third-order valence-electron chi connectivity index (χ3n) is 7.02. The van der Waals surface area contributed by atoms with Crippen LogP contribution in [0.4, 0.5) is 0 Å². The fourth-order valence-corrected chi connectivity index (χ4v) is 4.81. The number of carboxylic acid groups (broad SMARTS) is 1. The van der Waals surface area contributed by atoms with E-state index in [1.165, 1.54) is 0 Å². The highest BCUT2D eigenvalue weighted by atomic mass is 16.4. The lowest BCUT2D eigenvalue weighted by atomic mass is 9.99. The van der Waals surface area contributed by atoms with E-state index in [2.05, 4.69) is 20.6 Å². The van der Waals surface area contributed by atoms with E-state index in [4.69, 9.17) is 0 Å². The monoisotopic (exact) mass is 547 g/mol. The minimum absolute atomic E-state index is 0.0205. The molecule has 4 rings (SSSR count). The second-order valence-electron chi connectivity index (χ2n) is 10.5. The summed E-state index contributed by atoms with van der Waals surface area (Å²) in [7, 11) is 0. The van der Waals surface area contributed by atoms with Crippen molar-refractivity contribution in [1.82, 2.24) is 25.2 Å². The molecule has 11 nitrogen and oxygen atoms in total. The Morgan fingerprint density at radius 1 is 0.825 bits per heavy atom. The van der Waals surface area contributed by atoms with Crippen LogP contribution < -0.4 is 21.9 Å². The predicted molar refractivity (Wildman–Crippen MR) is 151 cm³/mol. The summed E-state index contributed by atoms with van der Waals surface area (Å²) in [6.07, 6.45) is 1.70. The standard InChI is InChI=1S/C29H33N5O6/c1-15(2)23(26(36)33-24(16(3)4)28(38)39)32-25(35)22(13-17-14-30-20-11-7-5-9-18(17)20)34-27(37)19-10-6-8-12-21(19)31-29(34)40/h5-12,14-16,22-24,30H,13H2,1-4H3,(H,31,40)(H,32,35)(H,33,36)(H,38,39)/t22-,23-,24-/m0/s1. The quantitative estimate of drug-likeness (QED) is 0.204. The van der Waals surface area contributed by atoms with Crippen LogP contribution in [-0.2, 0) is 20.8 Å². The number of amides is 2. The van der Waals surface area contributed by atoms with Gasteiger partial charge in [0.1, 0.15) is 18.1 Å². The van der Waals surface area contributed by atoms with Crippen LogP contribution in [0.5, 0.6) is 0 Å². The van der Waals surface area contributed by atoms with E-state index in [1.807, 2.05) is 24.3 Å². The number of hydrogen-bond donors (Lipinski definition) is 5. The Morgan fingerprint density at radius 2 is 1.40 bits per heavy atom. The van der Waals surface area contributed by atoms with Gasteiger partial charge >= 0.3 is 11.7 Å². The van der Waals surface area contributed by atoms with Crippen LogP contribution in [-0.4, -0.2) is 49.5 Å². The summed E-state index contributed by atoms with van der Waals surface area (Å²) in [4.78, 5) is 71.3. The first-order valence-electron chi connectivity index (χ1n) is 13.1. The Hall–Kier alpha value is -4.67. The largest absolute Gasteiger partial charge is 0.480 e. The fraction of sp³-hybridized carbons (Fsp3) is 0.345. The zero-order valence-electron chi connectivity index (χ0n) is 22.7. The summed E-state index contributed by atoms with van der Waals surface area (Å²) >= 11 is 0. The van der Waals surface area contributed by atoms with Gasteiger partial charge in [-0.25, -0.2) is 14.2 Å². The number of aromatic amines is 2. The first-order valence-corrected chi connectivity index (χ1v) is 13.1. The van der Waals surface area contributed by atoms with Crippen molar-refractivity contribution in [2.75, 3.05) is 0 Å². The normalized spacial score (nSPS) is 13.8. The number of hydrogen-bond acceptors (Lipinski definition) is 5. The third kappa shape index (κ3) is 5.68. The molecule has 3 atom stereocenters. The zero-order chi connectivity index (χ0) is 29.1. The molecule has 0 aliphatic carbocycles. The number of nitrogens with one attached hydrogen (secondary N) is 4. The lowest BCUT2D eigenvalue weighted by Gasteiger charge is -2.27. The van der Waals surface area contributed by atoms with Crippen molar-refractivity contribution >= 4 is 39.6 Å². The number of benzene rings is 2. The van der Waals surface area contributed by atoms with Crippen LogP contribution in [0.1, 0.15) is 39.3 Å². The van der Waals surface area contributed by atoms with E-state index in [0.717, 1.165) is 15.5 Å². The number of fused-ring (bicyclic) bond motifs is 2. The highest BCUT2D eigenvalue weighted by molar-refractivity contribution is 5.92. The maximum atomic E-state index is 13.9. The molecule has 11 heteroatoms. The predicted octanol–water partition coefficient (Wildman–Crippen LogP) is 2.32. The van der Waals surface area contributed by atoms with E-state index in [9.17, 15) is 29.1 Å². The molecule has 0 aliphatic heterocycles. The zero-order valence-corrected chi connectivity index (χ0v) is 22.7. The van der Waals surface area contributed by atoms with Crippen molar-refractivity contribution in [2.45, 2.75) is 52.2 Å². The van der Waals surface area contributed by atoms with E-state index >= 15 is 0 Å². The maximum absolute atomic E-state index is 13.9. The van der Waals surface area contributed by atoms with E-state index in [1.54, 1.807) is 58.2 Å². The lowest BCUT2D eigenvalue weighted by Crippen LogP contribution is -2.56. The molecule has 0 fully saturated rings. The SMILES string of the molecule is CC(C)[C@H](NC(=O)[C@@H](NC(=O)[C@H](Cc1c[nH]c2ccccc12)n1c(=O)[nH]c2ccccc2c1=O)C(C)C)C(=O)O. The lowest BCUT2D eigenvalue weighted by molar-refractivity contribution is -0.143. The molecule has 0 bridgehead atoms. The van der Waals surface area contributed by atoms with E-state index < -0.39 is 59.0 Å². The van der Waals surface area contributed by atoms with Crippen molar-refractivity contribution in [1.29, 1.82) is 0 Å². The average Bonchev–Trinajstić information content (AvgIpc) is 3.31. The molecule has 0 radical (unpaired) electrons. The van der Waals surface area contributed by atoms with Crippen LogP contribution in [0, 0.1) is 11.8 Å². The molecule has 40 heavy (non-hydrogen) atoms. The summed E-state index contributed by atoms with van der Waals surface area (Å²) in [6, 6.07) is 10.4. The molecule has 2 aromatic carbocycles. The van der Waals surface area contributed by atoms with Gasteiger partial charge < -0.3 is 25.7 Å². The molecule has 4 aromatic rings. The summed E-state index contributed by atoms with van der Waals surface area (Å²) in [5.74, 6) is -3.41. The molecule has 0 unspecified atom stereocenters. The van der Waals surface area contributed by atoms with Crippen molar-refractivity contribution in [3.8, 4) is 0 Å². The Kier molecular flexibility index (Phi) is 8.22. The van der Waals surface area contributed by atoms with Gasteiger partial charge in [-0.2, -0.15) is 0 Å². The Morgan fingerprint density at radius 3 is 2.02 bits per heavy atom. The van der Waals surface area contributed by atoms with Crippen LogP contribution in [0.15, 0.2) is 64.3 Å². The van der Waals surface area contributed by atoms with Crippen molar-refractivity contribution in [3.63, 3.8) is 0 Å². The Labute approximate surface area is 229 Å². The van der Waals surface area contributed by atoms with Gasteiger partial charge in [0.2, 0.25) is 11.8 Å². The van der Waals surface area contributed by atoms with E-state index in [0.29, 0.717) is 11.1 Å². The molecule has 0 aliphatic rings. The number of carbonyl (C=O) groups is 3. The van der Waals surface area contributed by atoms with Crippen LogP contribution >= 0.6 is 0 Å². The first-order chi connectivity index (χ1) is 19.0. The second kappa shape index (κ2) is 11.6. The van der Waals surface area contributed by atoms with Crippen LogP contribution in [0.25, 0.3) is 21.8 Å². The van der Waals surface area contributed by atoms with Gasteiger partial charge in [0.25, 0.3) is 5.56 Å². The molecule has 0 saturated heterocycles. The molecule has 0 saturated carbocycles. The first kappa shape index (κ1) is 28.3. The summed E-state index contributed by atoms with van der Waals surface area (Å²) in [5.41, 5.74) is 0.458. The minimum Gasteiger partial charge on any atom is -0.480 e. The summed E-state index contributed by atoms with van der Waals surface area (Å²) < 4.78 is 0.878.